The second-order valence-corrected chi connectivity index (χ2v) is 6.31. The molecule has 4 nitrogen and oxygen atoms in total. The molecule has 1 aromatic carbocycles. The molecule has 0 unspecified atom stereocenters. The zero-order chi connectivity index (χ0) is 16.9. The number of aromatic nitrogens is 1. The van der Waals surface area contributed by atoms with E-state index in [1.54, 1.807) is 18.2 Å². The van der Waals surface area contributed by atoms with Crippen molar-refractivity contribution >= 4 is 35.1 Å². The lowest BCUT2D eigenvalue weighted by Gasteiger charge is -2.17. The monoisotopic (exact) mass is 341 g/mol. The molecule has 1 aliphatic heterocycles. The average molecular weight is 342 g/mol. The Hall–Kier alpha value is -2.33. The molecular weight excluding hydrogens is 322 g/mol. The van der Waals surface area contributed by atoms with Crippen LogP contribution in [0, 0.1) is 6.92 Å². The fourth-order valence-corrected chi connectivity index (χ4v) is 2.85. The van der Waals surface area contributed by atoms with Gasteiger partial charge in [0.15, 0.2) is 0 Å². The van der Waals surface area contributed by atoms with E-state index in [9.17, 15) is 4.79 Å². The van der Waals surface area contributed by atoms with Crippen molar-refractivity contribution in [2.24, 2.45) is 0 Å². The van der Waals surface area contributed by atoms with Crippen LogP contribution in [0.25, 0.3) is 6.08 Å². The van der Waals surface area contributed by atoms with Gasteiger partial charge in [-0.3, -0.25) is 4.79 Å². The van der Waals surface area contributed by atoms with Crippen LogP contribution in [0.1, 0.15) is 24.1 Å². The summed E-state index contributed by atoms with van der Waals surface area (Å²) in [6.45, 7) is 4.03. The molecule has 1 amide bonds. The molecule has 2 aromatic rings. The number of anilines is 2. The minimum atomic E-state index is -0.177. The van der Waals surface area contributed by atoms with E-state index in [1.807, 2.05) is 31.2 Å². The summed E-state index contributed by atoms with van der Waals surface area (Å²) in [6, 6.07) is 11.2. The van der Waals surface area contributed by atoms with Crippen LogP contribution in [-0.4, -0.2) is 24.0 Å². The highest BCUT2D eigenvalue weighted by atomic mass is 35.5. The van der Waals surface area contributed by atoms with E-state index < -0.39 is 0 Å². The van der Waals surface area contributed by atoms with Gasteiger partial charge in [-0.15, -0.1) is 0 Å². The zero-order valence-corrected chi connectivity index (χ0v) is 14.4. The first-order chi connectivity index (χ1) is 11.6. The normalized spacial score (nSPS) is 14.3. The van der Waals surface area contributed by atoms with Crippen molar-refractivity contribution in [3.63, 3.8) is 0 Å². The number of halogens is 1. The number of amides is 1. The number of carbonyl (C=O) groups is 1. The summed E-state index contributed by atoms with van der Waals surface area (Å²) in [7, 11) is 0. The van der Waals surface area contributed by atoms with Crippen molar-refractivity contribution in [3.05, 3.63) is 58.8 Å². The standard InChI is InChI=1S/C19H20ClN3O/c1-14-17(9-10-18(21-14)23-12-2-3-13-23)22-19(24)11-6-15-4-7-16(20)8-5-15/h4-11H,2-3,12-13H2,1H3,(H,22,24)/b11-6+. The van der Waals surface area contributed by atoms with E-state index in [1.165, 1.54) is 18.9 Å². The van der Waals surface area contributed by atoms with Crippen LogP contribution in [0.4, 0.5) is 11.5 Å². The molecule has 0 bridgehead atoms. The number of hydrogen-bond donors (Lipinski definition) is 1. The Morgan fingerprint density at radius 1 is 1.17 bits per heavy atom. The van der Waals surface area contributed by atoms with E-state index in [0.29, 0.717) is 5.02 Å². The molecule has 1 N–H and O–H groups in total. The molecule has 0 aliphatic carbocycles. The van der Waals surface area contributed by atoms with E-state index >= 15 is 0 Å². The molecule has 3 rings (SSSR count). The minimum absolute atomic E-state index is 0.177. The highest BCUT2D eigenvalue weighted by Crippen LogP contribution is 2.22. The van der Waals surface area contributed by atoms with E-state index in [4.69, 9.17) is 11.6 Å². The summed E-state index contributed by atoms with van der Waals surface area (Å²) >= 11 is 5.85. The summed E-state index contributed by atoms with van der Waals surface area (Å²) < 4.78 is 0. The summed E-state index contributed by atoms with van der Waals surface area (Å²) in [5.41, 5.74) is 2.49. The lowest BCUT2D eigenvalue weighted by Crippen LogP contribution is -2.19. The predicted octanol–water partition coefficient (Wildman–Crippen LogP) is 4.30. The second kappa shape index (κ2) is 7.49. The molecule has 0 radical (unpaired) electrons. The smallest absolute Gasteiger partial charge is 0.248 e. The fraction of sp³-hybridized carbons (Fsp3) is 0.263. The van der Waals surface area contributed by atoms with E-state index in [0.717, 1.165) is 35.9 Å². The van der Waals surface area contributed by atoms with Crippen molar-refractivity contribution in [2.45, 2.75) is 19.8 Å². The summed E-state index contributed by atoms with van der Waals surface area (Å²) in [5.74, 6) is 0.809. The SMILES string of the molecule is Cc1nc(N2CCCC2)ccc1NC(=O)/C=C/c1ccc(Cl)cc1. The van der Waals surface area contributed by atoms with Crippen molar-refractivity contribution < 1.29 is 4.79 Å². The third-order valence-corrected chi connectivity index (χ3v) is 4.31. The predicted molar refractivity (Wildman–Crippen MR) is 99.5 cm³/mol. The molecule has 24 heavy (non-hydrogen) atoms. The van der Waals surface area contributed by atoms with Crippen LogP contribution >= 0.6 is 11.6 Å². The molecule has 0 saturated carbocycles. The average Bonchev–Trinajstić information content (AvgIpc) is 3.11. The quantitative estimate of drug-likeness (QED) is 0.843. The number of pyridine rings is 1. The molecule has 2 heterocycles. The van der Waals surface area contributed by atoms with Crippen LogP contribution in [0.15, 0.2) is 42.5 Å². The topological polar surface area (TPSA) is 45.2 Å². The molecule has 1 fully saturated rings. The van der Waals surface area contributed by atoms with Gasteiger partial charge in [0.05, 0.1) is 11.4 Å². The van der Waals surface area contributed by atoms with Crippen molar-refractivity contribution in [2.75, 3.05) is 23.3 Å². The van der Waals surface area contributed by atoms with E-state index in [2.05, 4.69) is 15.2 Å². The molecule has 124 valence electrons. The summed E-state index contributed by atoms with van der Waals surface area (Å²) in [6.07, 6.45) is 5.70. The molecule has 0 atom stereocenters. The van der Waals surface area contributed by atoms with Gasteiger partial charge in [0, 0.05) is 24.2 Å². The maximum Gasteiger partial charge on any atom is 0.248 e. The van der Waals surface area contributed by atoms with Crippen LogP contribution in [0.2, 0.25) is 5.02 Å². The fourth-order valence-electron chi connectivity index (χ4n) is 2.72. The maximum atomic E-state index is 12.1. The zero-order valence-electron chi connectivity index (χ0n) is 13.6. The first-order valence-corrected chi connectivity index (χ1v) is 8.47. The largest absolute Gasteiger partial charge is 0.357 e. The molecule has 1 aromatic heterocycles. The second-order valence-electron chi connectivity index (χ2n) is 5.87. The number of rotatable bonds is 4. The van der Waals surface area contributed by atoms with Gasteiger partial charge in [0.25, 0.3) is 0 Å². The number of carbonyl (C=O) groups excluding carboxylic acids is 1. The Labute approximate surface area is 147 Å². The Morgan fingerprint density at radius 3 is 2.54 bits per heavy atom. The number of nitrogens with one attached hydrogen (secondary N) is 1. The van der Waals surface area contributed by atoms with Gasteiger partial charge < -0.3 is 10.2 Å². The van der Waals surface area contributed by atoms with Crippen molar-refractivity contribution in [3.8, 4) is 0 Å². The Morgan fingerprint density at radius 2 is 1.88 bits per heavy atom. The number of aryl methyl sites for hydroxylation is 1. The number of hydrogen-bond acceptors (Lipinski definition) is 3. The highest BCUT2D eigenvalue weighted by Gasteiger charge is 2.14. The van der Waals surface area contributed by atoms with Gasteiger partial charge in [0.2, 0.25) is 5.91 Å². The van der Waals surface area contributed by atoms with Crippen LogP contribution < -0.4 is 10.2 Å². The van der Waals surface area contributed by atoms with E-state index in [-0.39, 0.29) is 5.91 Å². The van der Waals surface area contributed by atoms with Crippen molar-refractivity contribution in [1.29, 1.82) is 0 Å². The maximum absolute atomic E-state index is 12.1. The summed E-state index contributed by atoms with van der Waals surface area (Å²) in [4.78, 5) is 19.0. The Kier molecular flexibility index (Phi) is 5.16. The van der Waals surface area contributed by atoms with Gasteiger partial charge in [0.1, 0.15) is 5.82 Å². The summed E-state index contributed by atoms with van der Waals surface area (Å²) in [5, 5.41) is 3.55. The molecule has 0 spiro atoms. The third-order valence-electron chi connectivity index (χ3n) is 4.06. The van der Waals surface area contributed by atoms with Gasteiger partial charge in [-0.1, -0.05) is 23.7 Å². The Bertz CT molecular complexity index is 750. The molecule has 1 saturated heterocycles. The molecule has 1 aliphatic rings. The van der Waals surface area contributed by atoms with Crippen LogP contribution in [0.3, 0.4) is 0 Å². The van der Waals surface area contributed by atoms with Gasteiger partial charge in [-0.25, -0.2) is 4.98 Å². The molecule has 5 heteroatoms. The van der Waals surface area contributed by atoms with Crippen LogP contribution in [-0.2, 0) is 4.79 Å². The molecular formula is C19H20ClN3O. The van der Waals surface area contributed by atoms with Crippen LogP contribution in [0.5, 0.6) is 0 Å². The first-order valence-electron chi connectivity index (χ1n) is 8.09. The van der Waals surface area contributed by atoms with Gasteiger partial charge in [-0.05, 0) is 55.7 Å². The number of nitrogens with zero attached hydrogens (tertiary/aromatic N) is 2. The Balaban J connectivity index is 1.64. The van der Waals surface area contributed by atoms with Gasteiger partial charge in [-0.2, -0.15) is 0 Å². The first kappa shape index (κ1) is 16.5. The minimum Gasteiger partial charge on any atom is -0.357 e. The third kappa shape index (κ3) is 4.15. The lowest BCUT2D eigenvalue weighted by molar-refractivity contribution is -0.111. The van der Waals surface area contributed by atoms with Gasteiger partial charge >= 0.3 is 0 Å². The number of benzene rings is 1. The highest BCUT2D eigenvalue weighted by molar-refractivity contribution is 6.30. The van der Waals surface area contributed by atoms with Crippen molar-refractivity contribution in [1.82, 2.24) is 4.98 Å². The lowest BCUT2D eigenvalue weighted by atomic mass is 10.2.